The normalized spacial score (nSPS) is 16.9. The van der Waals surface area contributed by atoms with Gasteiger partial charge in [-0.1, -0.05) is 25.1 Å². The average molecular weight is 424 g/mol. The SMILES string of the molecule is CCC(COC)N(C)C(=O)c1cccc(N=NC2=C(OC)C3=CCCC=C3C2=O)c1C. The van der Waals surface area contributed by atoms with Crippen LogP contribution in [0, 0.1) is 6.92 Å². The van der Waals surface area contributed by atoms with Crippen LogP contribution < -0.4 is 0 Å². The van der Waals surface area contributed by atoms with Crippen molar-refractivity contribution in [1.82, 2.24) is 4.90 Å². The van der Waals surface area contributed by atoms with E-state index in [1.54, 1.807) is 37.3 Å². The van der Waals surface area contributed by atoms with Gasteiger partial charge in [-0.25, -0.2) is 0 Å². The summed E-state index contributed by atoms with van der Waals surface area (Å²) in [7, 11) is 4.93. The predicted octanol–water partition coefficient (Wildman–Crippen LogP) is 4.66. The first-order valence-electron chi connectivity index (χ1n) is 10.5. The summed E-state index contributed by atoms with van der Waals surface area (Å²) in [5, 5.41) is 8.56. The van der Waals surface area contributed by atoms with E-state index >= 15 is 0 Å². The molecule has 1 atom stereocenters. The van der Waals surface area contributed by atoms with Crippen LogP contribution >= 0.6 is 0 Å². The first-order chi connectivity index (χ1) is 14.9. The van der Waals surface area contributed by atoms with Crippen LogP contribution in [0.2, 0.25) is 0 Å². The number of benzene rings is 1. The second kappa shape index (κ2) is 9.83. The molecule has 0 aliphatic heterocycles. The van der Waals surface area contributed by atoms with E-state index in [1.807, 2.05) is 26.0 Å². The molecule has 3 rings (SSSR count). The highest BCUT2D eigenvalue weighted by Crippen LogP contribution is 2.38. The van der Waals surface area contributed by atoms with E-state index in [0.29, 0.717) is 34.8 Å². The number of fused-ring (bicyclic) bond motifs is 1. The highest BCUT2D eigenvalue weighted by molar-refractivity contribution is 6.16. The predicted molar refractivity (Wildman–Crippen MR) is 118 cm³/mol. The highest BCUT2D eigenvalue weighted by atomic mass is 16.5. The van der Waals surface area contributed by atoms with Crippen LogP contribution in [0.25, 0.3) is 0 Å². The fraction of sp³-hybridized carbons (Fsp3) is 0.417. The van der Waals surface area contributed by atoms with Gasteiger partial charge in [-0.2, -0.15) is 0 Å². The maximum absolute atomic E-state index is 13.1. The molecule has 1 aromatic carbocycles. The van der Waals surface area contributed by atoms with Crippen LogP contribution in [0.15, 0.2) is 63.2 Å². The molecule has 2 aliphatic carbocycles. The van der Waals surface area contributed by atoms with Gasteiger partial charge in [0.25, 0.3) is 5.91 Å². The lowest BCUT2D eigenvalue weighted by Crippen LogP contribution is -2.39. The van der Waals surface area contributed by atoms with Crippen molar-refractivity contribution in [3.8, 4) is 0 Å². The third-order valence-corrected chi connectivity index (χ3v) is 5.77. The van der Waals surface area contributed by atoms with E-state index in [4.69, 9.17) is 9.47 Å². The molecule has 0 radical (unpaired) electrons. The number of azo groups is 1. The minimum atomic E-state index is -0.179. The Morgan fingerprint density at radius 1 is 1.16 bits per heavy atom. The fourth-order valence-electron chi connectivity index (χ4n) is 3.88. The second-order valence-electron chi connectivity index (χ2n) is 7.61. The minimum absolute atomic E-state index is 0.0161. The van der Waals surface area contributed by atoms with Gasteiger partial charge in [-0.3, -0.25) is 9.59 Å². The Morgan fingerprint density at radius 3 is 2.52 bits per heavy atom. The quantitative estimate of drug-likeness (QED) is 0.570. The molecule has 0 saturated carbocycles. The number of allylic oxidation sites excluding steroid dienone is 4. The zero-order chi connectivity index (χ0) is 22.5. The molecule has 7 nitrogen and oxygen atoms in total. The van der Waals surface area contributed by atoms with Crippen molar-refractivity contribution in [2.24, 2.45) is 10.2 Å². The molecule has 2 aliphatic rings. The van der Waals surface area contributed by atoms with Crippen molar-refractivity contribution >= 4 is 17.4 Å². The van der Waals surface area contributed by atoms with Crippen molar-refractivity contribution in [3.63, 3.8) is 0 Å². The fourth-order valence-corrected chi connectivity index (χ4v) is 3.88. The van der Waals surface area contributed by atoms with E-state index < -0.39 is 0 Å². The minimum Gasteiger partial charge on any atom is -0.494 e. The van der Waals surface area contributed by atoms with Gasteiger partial charge in [0.05, 0.1) is 25.4 Å². The lowest BCUT2D eigenvalue weighted by Gasteiger charge is -2.27. The van der Waals surface area contributed by atoms with Gasteiger partial charge in [-0.15, -0.1) is 10.2 Å². The molecule has 0 spiro atoms. The summed E-state index contributed by atoms with van der Waals surface area (Å²) in [6.45, 7) is 4.33. The van der Waals surface area contributed by atoms with Gasteiger partial charge in [0.1, 0.15) is 0 Å². The Morgan fingerprint density at radius 2 is 1.87 bits per heavy atom. The Balaban J connectivity index is 1.91. The number of hydrogen-bond acceptors (Lipinski definition) is 6. The number of amides is 1. The molecule has 1 amide bonds. The third kappa shape index (κ3) is 4.37. The lowest BCUT2D eigenvalue weighted by molar-refractivity contribution is -0.111. The van der Waals surface area contributed by atoms with Gasteiger partial charge in [0.15, 0.2) is 11.5 Å². The monoisotopic (exact) mass is 423 g/mol. The van der Waals surface area contributed by atoms with Gasteiger partial charge >= 0.3 is 0 Å². The first kappa shape index (κ1) is 22.6. The van der Waals surface area contributed by atoms with Gasteiger partial charge in [0, 0.05) is 30.9 Å². The van der Waals surface area contributed by atoms with Crippen LogP contribution in [0.5, 0.6) is 0 Å². The highest BCUT2D eigenvalue weighted by Gasteiger charge is 2.35. The van der Waals surface area contributed by atoms with E-state index in [2.05, 4.69) is 10.2 Å². The number of rotatable bonds is 8. The number of ether oxygens (including phenoxy) is 2. The Hall–Kier alpha value is -3.06. The summed E-state index contributed by atoms with van der Waals surface area (Å²) in [6, 6.07) is 5.31. The third-order valence-electron chi connectivity index (χ3n) is 5.77. The number of ketones is 1. The standard InChI is InChI=1S/C24H29N3O4/c1-6-16(14-30-4)27(3)24(29)17-12-9-13-20(15(17)2)25-26-21-22(28)18-10-7-8-11-19(18)23(21)31-5/h9-13,16H,6-8,14H2,1-5H3. The zero-order valence-electron chi connectivity index (χ0n) is 18.8. The van der Waals surface area contributed by atoms with Crippen LogP contribution in [0.4, 0.5) is 5.69 Å². The molecular formula is C24H29N3O4. The summed E-state index contributed by atoms with van der Waals surface area (Å²) >= 11 is 0. The molecule has 0 heterocycles. The Kier molecular flexibility index (Phi) is 7.17. The van der Waals surface area contributed by atoms with Gasteiger partial charge in [0.2, 0.25) is 5.78 Å². The van der Waals surface area contributed by atoms with Crippen LogP contribution in [-0.4, -0.2) is 50.5 Å². The second-order valence-corrected chi connectivity index (χ2v) is 7.61. The van der Waals surface area contributed by atoms with Crippen molar-refractivity contribution < 1.29 is 19.1 Å². The Labute approximate surface area is 183 Å². The van der Waals surface area contributed by atoms with Crippen molar-refractivity contribution in [3.05, 3.63) is 64.1 Å². The van der Waals surface area contributed by atoms with Gasteiger partial charge in [-0.05, 0) is 43.9 Å². The molecule has 0 saturated heterocycles. The van der Waals surface area contributed by atoms with Crippen LogP contribution in [0.1, 0.15) is 42.1 Å². The number of hydrogen-bond donors (Lipinski definition) is 0. The summed E-state index contributed by atoms with van der Waals surface area (Å²) < 4.78 is 10.7. The maximum Gasteiger partial charge on any atom is 0.254 e. The number of Topliss-reactive ketones (excluding diaryl/α,β-unsaturated/α-hetero) is 1. The largest absolute Gasteiger partial charge is 0.494 e. The number of carbonyl (C=O) groups is 2. The van der Waals surface area contributed by atoms with Crippen molar-refractivity contribution in [2.45, 2.75) is 39.2 Å². The number of likely N-dealkylation sites (N-methyl/N-ethyl adjacent to an activating group) is 1. The topological polar surface area (TPSA) is 80.6 Å². The smallest absolute Gasteiger partial charge is 0.254 e. The number of nitrogens with zero attached hydrogens (tertiary/aromatic N) is 3. The number of methoxy groups -OCH3 is 2. The van der Waals surface area contributed by atoms with E-state index in [1.165, 1.54) is 7.11 Å². The van der Waals surface area contributed by atoms with Crippen molar-refractivity contribution in [1.29, 1.82) is 0 Å². The molecule has 1 unspecified atom stereocenters. The van der Waals surface area contributed by atoms with E-state index in [-0.39, 0.29) is 23.4 Å². The van der Waals surface area contributed by atoms with Crippen molar-refractivity contribution in [2.75, 3.05) is 27.9 Å². The zero-order valence-corrected chi connectivity index (χ0v) is 18.8. The molecule has 0 fully saturated rings. The lowest BCUT2D eigenvalue weighted by atomic mass is 9.99. The average Bonchev–Trinajstić information content (AvgIpc) is 3.07. The maximum atomic E-state index is 13.1. The van der Waals surface area contributed by atoms with Gasteiger partial charge < -0.3 is 14.4 Å². The summed E-state index contributed by atoms with van der Waals surface area (Å²) in [5.41, 5.74) is 3.40. The molecule has 31 heavy (non-hydrogen) atoms. The molecular weight excluding hydrogens is 394 g/mol. The molecule has 0 bridgehead atoms. The summed E-state index contributed by atoms with van der Waals surface area (Å²) in [5.74, 6) is 0.171. The Bertz CT molecular complexity index is 1000. The molecule has 164 valence electrons. The van der Waals surface area contributed by atoms with Crippen LogP contribution in [-0.2, 0) is 14.3 Å². The summed E-state index contributed by atoms with van der Waals surface area (Å²) in [6.07, 6.45) is 6.39. The molecule has 1 aromatic rings. The molecule has 0 N–H and O–H groups in total. The van der Waals surface area contributed by atoms with E-state index in [0.717, 1.165) is 24.8 Å². The van der Waals surface area contributed by atoms with Crippen LogP contribution in [0.3, 0.4) is 0 Å². The first-order valence-corrected chi connectivity index (χ1v) is 10.5. The molecule has 7 heteroatoms. The number of carbonyl (C=O) groups excluding carboxylic acids is 2. The van der Waals surface area contributed by atoms with E-state index in [9.17, 15) is 9.59 Å². The molecule has 0 aromatic heterocycles. The summed E-state index contributed by atoms with van der Waals surface area (Å²) in [4.78, 5) is 27.5.